The molecule has 0 amide bonds. The lowest BCUT2D eigenvalue weighted by Gasteiger charge is -2.07. The maximum absolute atomic E-state index is 9.56. The topological polar surface area (TPSA) is 33.1 Å². The predicted molar refractivity (Wildman–Crippen MR) is 65.1 cm³/mol. The lowest BCUT2D eigenvalue weighted by Crippen LogP contribution is -1.97. The average Bonchev–Trinajstić information content (AvgIpc) is 2.29. The van der Waals surface area contributed by atoms with Gasteiger partial charge in [0.05, 0.1) is 11.8 Å². The Morgan fingerprint density at radius 3 is 2.73 bits per heavy atom. The number of pyridine rings is 1. The Labute approximate surface area is 96.1 Å². The maximum atomic E-state index is 9.56. The molecule has 0 radical (unpaired) electrons. The van der Waals surface area contributed by atoms with Crippen molar-refractivity contribution in [2.24, 2.45) is 0 Å². The number of rotatable bonds is 6. The molecule has 3 heteroatoms. The minimum Gasteiger partial charge on any atom is -0.387 e. The molecule has 0 spiro atoms. The van der Waals surface area contributed by atoms with Crippen molar-refractivity contribution in [3.63, 3.8) is 0 Å². The van der Waals surface area contributed by atoms with Gasteiger partial charge >= 0.3 is 0 Å². The predicted octanol–water partition coefficient (Wildman–Crippen LogP) is 3.42. The van der Waals surface area contributed by atoms with Gasteiger partial charge in [0.1, 0.15) is 0 Å². The number of hydrogen-bond acceptors (Lipinski definition) is 3. The van der Waals surface area contributed by atoms with Crippen molar-refractivity contribution in [2.75, 3.05) is 5.75 Å². The first kappa shape index (κ1) is 12.5. The summed E-state index contributed by atoms with van der Waals surface area (Å²) in [6.45, 7) is 4.15. The summed E-state index contributed by atoms with van der Waals surface area (Å²) >= 11 is 1.83. The molecule has 1 aromatic rings. The van der Waals surface area contributed by atoms with E-state index in [1.165, 1.54) is 17.7 Å². The normalized spacial score (nSPS) is 12.7. The van der Waals surface area contributed by atoms with Crippen molar-refractivity contribution in [3.05, 3.63) is 24.0 Å². The molecule has 0 aliphatic rings. The summed E-state index contributed by atoms with van der Waals surface area (Å²) < 4.78 is 0. The first-order valence-electron chi connectivity index (χ1n) is 5.54. The Morgan fingerprint density at radius 1 is 1.40 bits per heavy atom. The van der Waals surface area contributed by atoms with Crippen molar-refractivity contribution in [1.29, 1.82) is 0 Å². The number of aliphatic hydroxyl groups is 1. The van der Waals surface area contributed by atoms with E-state index in [0.29, 0.717) is 0 Å². The number of unbranched alkanes of at least 4 members (excludes halogenated alkanes) is 1. The van der Waals surface area contributed by atoms with Gasteiger partial charge < -0.3 is 5.11 Å². The molecular formula is C12H19NOS. The van der Waals surface area contributed by atoms with Crippen LogP contribution in [-0.2, 0) is 0 Å². The van der Waals surface area contributed by atoms with Gasteiger partial charge in [-0.25, -0.2) is 0 Å². The van der Waals surface area contributed by atoms with Gasteiger partial charge in [0.2, 0.25) is 0 Å². The van der Waals surface area contributed by atoms with Crippen LogP contribution in [0.5, 0.6) is 0 Å². The van der Waals surface area contributed by atoms with E-state index >= 15 is 0 Å². The molecule has 0 aliphatic carbocycles. The smallest absolute Gasteiger partial charge is 0.0957 e. The molecule has 0 unspecified atom stereocenters. The molecule has 1 rings (SSSR count). The summed E-state index contributed by atoms with van der Waals surface area (Å²) in [5.74, 6) is 1.15. The van der Waals surface area contributed by atoms with Gasteiger partial charge in [-0.05, 0) is 30.7 Å². The minimum absolute atomic E-state index is 0.417. The zero-order valence-corrected chi connectivity index (χ0v) is 10.3. The molecule has 0 fully saturated rings. The van der Waals surface area contributed by atoms with Crippen LogP contribution in [0.4, 0.5) is 0 Å². The van der Waals surface area contributed by atoms with Gasteiger partial charge in [0, 0.05) is 11.1 Å². The fourth-order valence-corrected chi connectivity index (χ4v) is 2.18. The van der Waals surface area contributed by atoms with Crippen molar-refractivity contribution >= 4 is 11.8 Å². The third-order valence-corrected chi connectivity index (χ3v) is 3.32. The van der Waals surface area contributed by atoms with Crippen LogP contribution in [0, 0.1) is 0 Å². The van der Waals surface area contributed by atoms with Crippen molar-refractivity contribution in [3.8, 4) is 0 Å². The molecule has 0 aromatic carbocycles. The zero-order valence-electron chi connectivity index (χ0n) is 9.44. The fraction of sp³-hybridized carbons (Fsp3) is 0.583. The summed E-state index contributed by atoms with van der Waals surface area (Å²) in [5, 5.41) is 9.56. The van der Waals surface area contributed by atoms with Crippen molar-refractivity contribution in [2.45, 2.75) is 44.1 Å². The largest absolute Gasteiger partial charge is 0.387 e. The highest BCUT2D eigenvalue weighted by Gasteiger charge is 2.05. The average molecular weight is 225 g/mol. The van der Waals surface area contributed by atoms with Crippen LogP contribution in [0.25, 0.3) is 0 Å². The van der Waals surface area contributed by atoms with E-state index in [-0.39, 0.29) is 0 Å². The second-order valence-electron chi connectivity index (χ2n) is 3.54. The Kier molecular flexibility index (Phi) is 5.73. The van der Waals surface area contributed by atoms with Gasteiger partial charge in [0.25, 0.3) is 0 Å². The van der Waals surface area contributed by atoms with E-state index in [4.69, 9.17) is 0 Å². The summed E-state index contributed by atoms with van der Waals surface area (Å²) in [6.07, 6.45) is 4.63. The van der Waals surface area contributed by atoms with Gasteiger partial charge in [0.15, 0.2) is 0 Å². The summed E-state index contributed by atoms with van der Waals surface area (Å²) in [5.41, 5.74) is 0.775. The Hall–Kier alpha value is -0.540. The quantitative estimate of drug-likeness (QED) is 0.595. The molecule has 15 heavy (non-hydrogen) atoms. The van der Waals surface area contributed by atoms with E-state index in [9.17, 15) is 5.11 Å². The molecular weight excluding hydrogens is 206 g/mol. The van der Waals surface area contributed by atoms with Crippen LogP contribution in [0.2, 0.25) is 0 Å². The highest BCUT2D eigenvalue weighted by atomic mass is 32.2. The number of nitrogens with zero attached hydrogens (tertiary/aromatic N) is 1. The van der Waals surface area contributed by atoms with E-state index in [2.05, 4.69) is 11.9 Å². The molecule has 0 aliphatic heterocycles. The Bertz CT molecular complexity index is 273. The van der Waals surface area contributed by atoms with Gasteiger partial charge in [-0.15, -0.1) is 11.8 Å². The van der Waals surface area contributed by atoms with Crippen LogP contribution >= 0.6 is 11.8 Å². The molecule has 1 N–H and O–H groups in total. The standard InChI is InChI=1S/C12H19NOS/c1-3-5-8-15-10-6-7-11(13-9-10)12(14)4-2/h6-7,9,12,14H,3-5,8H2,1-2H3/t12-/m1/s1. The fourth-order valence-electron chi connectivity index (χ4n) is 1.22. The molecule has 0 bridgehead atoms. The number of thioether (sulfide) groups is 1. The van der Waals surface area contributed by atoms with E-state index < -0.39 is 6.10 Å². The number of aromatic nitrogens is 1. The molecule has 0 saturated carbocycles. The number of hydrogen-bond donors (Lipinski definition) is 1. The lowest BCUT2D eigenvalue weighted by atomic mass is 10.2. The van der Waals surface area contributed by atoms with Gasteiger partial charge in [-0.2, -0.15) is 0 Å². The van der Waals surface area contributed by atoms with Gasteiger partial charge in [-0.3, -0.25) is 4.98 Å². The Balaban J connectivity index is 2.49. The second-order valence-corrected chi connectivity index (χ2v) is 4.71. The molecule has 0 saturated heterocycles. The summed E-state index contributed by atoms with van der Waals surface area (Å²) in [7, 11) is 0. The number of aliphatic hydroxyl groups excluding tert-OH is 1. The van der Waals surface area contributed by atoms with Crippen molar-refractivity contribution in [1.82, 2.24) is 4.98 Å². The molecule has 1 aromatic heterocycles. The van der Waals surface area contributed by atoms with Crippen LogP contribution in [0.3, 0.4) is 0 Å². The van der Waals surface area contributed by atoms with Crippen LogP contribution in [0.15, 0.2) is 23.2 Å². The first-order valence-corrected chi connectivity index (χ1v) is 6.53. The molecule has 2 nitrogen and oxygen atoms in total. The first-order chi connectivity index (χ1) is 7.27. The van der Waals surface area contributed by atoms with E-state index in [1.54, 1.807) is 0 Å². The van der Waals surface area contributed by atoms with Crippen LogP contribution < -0.4 is 0 Å². The summed E-state index contributed by atoms with van der Waals surface area (Å²) in [4.78, 5) is 5.45. The highest BCUT2D eigenvalue weighted by Crippen LogP contribution is 2.20. The van der Waals surface area contributed by atoms with E-state index in [0.717, 1.165) is 17.9 Å². The Morgan fingerprint density at radius 2 is 2.20 bits per heavy atom. The molecule has 84 valence electrons. The lowest BCUT2D eigenvalue weighted by molar-refractivity contribution is 0.169. The molecule has 1 atom stereocenters. The second kappa shape index (κ2) is 6.85. The third-order valence-electron chi connectivity index (χ3n) is 2.25. The molecule has 1 heterocycles. The summed E-state index contributed by atoms with van der Waals surface area (Å²) in [6, 6.07) is 3.96. The maximum Gasteiger partial charge on any atom is 0.0957 e. The minimum atomic E-state index is -0.417. The van der Waals surface area contributed by atoms with E-state index in [1.807, 2.05) is 37.0 Å². The SMILES string of the molecule is CCCCSc1ccc([C@H](O)CC)nc1. The van der Waals surface area contributed by atoms with Gasteiger partial charge in [-0.1, -0.05) is 20.3 Å². The highest BCUT2D eigenvalue weighted by molar-refractivity contribution is 7.99. The monoisotopic (exact) mass is 225 g/mol. The zero-order chi connectivity index (χ0) is 11.1. The van der Waals surface area contributed by atoms with Crippen molar-refractivity contribution < 1.29 is 5.11 Å². The van der Waals surface area contributed by atoms with Crippen LogP contribution in [-0.4, -0.2) is 15.8 Å². The van der Waals surface area contributed by atoms with Crippen LogP contribution in [0.1, 0.15) is 44.9 Å². The third kappa shape index (κ3) is 4.22.